The summed E-state index contributed by atoms with van der Waals surface area (Å²) >= 11 is 0. The van der Waals surface area contributed by atoms with Crippen LogP contribution < -0.4 is 5.73 Å². The maximum atomic E-state index is 6.25. The van der Waals surface area contributed by atoms with Gasteiger partial charge in [0.1, 0.15) is 0 Å². The summed E-state index contributed by atoms with van der Waals surface area (Å²) < 4.78 is 0. The number of hydrogen-bond donors (Lipinski definition) is 1. The van der Waals surface area contributed by atoms with Crippen LogP contribution >= 0.6 is 0 Å². The van der Waals surface area contributed by atoms with Crippen LogP contribution in [0.2, 0.25) is 0 Å². The van der Waals surface area contributed by atoms with Crippen LogP contribution in [-0.2, 0) is 0 Å². The highest BCUT2D eigenvalue weighted by atomic mass is 15.2. The zero-order valence-corrected chi connectivity index (χ0v) is 14.3. The molecule has 20 heavy (non-hydrogen) atoms. The maximum Gasteiger partial charge on any atom is 0.0332 e. The Balaban J connectivity index is 1.97. The van der Waals surface area contributed by atoms with E-state index in [-0.39, 0.29) is 0 Å². The van der Waals surface area contributed by atoms with Crippen molar-refractivity contribution >= 4 is 0 Å². The van der Waals surface area contributed by atoms with Crippen LogP contribution in [0.5, 0.6) is 0 Å². The molecule has 0 bridgehead atoms. The Bertz CT molecular complexity index is 293. The molecule has 0 aromatic carbocycles. The molecule has 2 nitrogen and oxygen atoms in total. The van der Waals surface area contributed by atoms with Crippen molar-refractivity contribution < 1.29 is 0 Å². The molecule has 0 aliphatic heterocycles. The van der Waals surface area contributed by atoms with E-state index in [1.165, 1.54) is 57.8 Å². The van der Waals surface area contributed by atoms with E-state index in [4.69, 9.17) is 5.73 Å². The summed E-state index contributed by atoms with van der Waals surface area (Å²) in [6.07, 6.45) is 12.3. The largest absolute Gasteiger partial charge is 0.329 e. The fourth-order valence-electron chi connectivity index (χ4n) is 4.42. The van der Waals surface area contributed by atoms with Crippen molar-refractivity contribution in [1.82, 2.24) is 4.90 Å². The van der Waals surface area contributed by atoms with Crippen LogP contribution in [0.25, 0.3) is 0 Å². The lowest BCUT2D eigenvalue weighted by atomic mass is 9.68. The zero-order valence-electron chi connectivity index (χ0n) is 14.3. The molecule has 118 valence electrons. The average Bonchev–Trinajstić information content (AvgIpc) is 2.47. The molecule has 0 radical (unpaired) electrons. The van der Waals surface area contributed by atoms with Gasteiger partial charge in [0.25, 0.3) is 0 Å². The number of nitrogens with two attached hydrogens (primary N) is 1. The number of hydrogen-bond acceptors (Lipinski definition) is 2. The van der Waals surface area contributed by atoms with E-state index in [1.54, 1.807) is 0 Å². The quantitative estimate of drug-likeness (QED) is 0.837. The Morgan fingerprint density at radius 2 is 1.55 bits per heavy atom. The van der Waals surface area contributed by atoms with Gasteiger partial charge in [0.2, 0.25) is 0 Å². The summed E-state index contributed by atoms with van der Waals surface area (Å²) in [5.74, 6) is 0.985. The Labute approximate surface area is 126 Å². The van der Waals surface area contributed by atoms with Gasteiger partial charge < -0.3 is 5.73 Å². The first-order valence-corrected chi connectivity index (χ1v) is 8.85. The highest BCUT2D eigenvalue weighted by Crippen LogP contribution is 2.44. The smallest absolute Gasteiger partial charge is 0.0332 e. The molecule has 0 saturated heterocycles. The van der Waals surface area contributed by atoms with Crippen molar-refractivity contribution in [3.8, 4) is 0 Å². The summed E-state index contributed by atoms with van der Waals surface area (Å²) in [6, 6.07) is 0.780. The fourth-order valence-corrected chi connectivity index (χ4v) is 4.42. The Morgan fingerprint density at radius 3 is 2.00 bits per heavy atom. The van der Waals surface area contributed by atoms with Gasteiger partial charge in [0, 0.05) is 18.1 Å². The van der Waals surface area contributed by atoms with Crippen LogP contribution in [0.1, 0.15) is 78.6 Å². The first-order valence-electron chi connectivity index (χ1n) is 8.85. The van der Waals surface area contributed by atoms with Crippen LogP contribution in [0.15, 0.2) is 0 Å². The molecule has 2 aliphatic rings. The molecule has 0 heterocycles. The second-order valence-corrected chi connectivity index (χ2v) is 8.29. The van der Waals surface area contributed by atoms with Gasteiger partial charge in [-0.25, -0.2) is 0 Å². The number of likely N-dealkylation sites (N-methyl/N-ethyl adjacent to an activating group) is 1. The lowest BCUT2D eigenvalue weighted by Crippen LogP contribution is -2.58. The summed E-state index contributed by atoms with van der Waals surface area (Å²) in [4.78, 5) is 2.70. The first-order chi connectivity index (χ1) is 9.42. The van der Waals surface area contributed by atoms with Crippen LogP contribution in [0.4, 0.5) is 0 Å². The van der Waals surface area contributed by atoms with Crippen LogP contribution in [0, 0.1) is 11.3 Å². The predicted molar refractivity (Wildman–Crippen MR) is 87.8 cm³/mol. The Kier molecular flexibility index (Phi) is 5.18. The molecule has 2 heteroatoms. The van der Waals surface area contributed by atoms with Gasteiger partial charge in [0.15, 0.2) is 0 Å². The third-order valence-corrected chi connectivity index (χ3v) is 6.60. The van der Waals surface area contributed by atoms with Gasteiger partial charge in [-0.15, -0.1) is 0 Å². The molecule has 2 aliphatic carbocycles. The fraction of sp³-hybridized carbons (Fsp3) is 1.00. The molecule has 0 unspecified atom stereocenters. The topological polar surface area (TPSA) is 29.3 Å². The molecule has 2 N–H and O–H groups in total. The molecule has 0 spiro atoms. The molecule has 0 amide bonds. The van der Waals surface area contributed by atoms with Gasteiger partial charge in [-0.1, -0.05) is 27.2 Å². The Morgan fingerprint density at radius 1 is 1.00 bits per heavy atom. The molecule has 0 atom stereocenters. The molecule has 0 aromatic rings. The molecular formula is C18H36N2. The van der Waals surface area contributed by atoms with Crippen molar-refractivity contribution in [2.45, 2.75) is 90.1 Å². The molecule has 2 saturated carbocycles. The van der Waals surface area contributed by atoms with E-state index in [0.29, 0.717) is 11.0 Å². The second kappa shape index (κ2) is 6.36. The second-order valence-electron chi connectivity index (χ2n) is 8.29. The van der Waals surface area contributed by atoms with Crippen molar-refractivity contribution in [1.29, 1.82) is 0 Å². The highest BCUT2D eigenvalue weighted by molar-refractivity contribution is 4.99. The van der Waals surface area contributed by atoms with E-state index in [0.717, 1.165) is 18.5 Å². The van der Waals surface area contributed by atoms with Crippen molar-refractivity contribution in [2.24, 2.45) is 17.1 Å². The van der Waals surface area contributed by atoms with Gasteiger partial charge in [-0.05, 0) is 69.7 Å². The van der Waals surface area contributed by atoms with Crippen LogP contribution in [0.3, 0.4) is 0 Å². The van der Waals surface area contributed by atoms with Crippen molar-refractivity contribution in [2.75, 3.05) is 13.6 Å². The number of nitrogens with zero attached hydrogens (tertiary/aromatic N) is 1. The summed E-state index contributed by atoms with van der Waals surface area (Å²) in [7, 11) is 2.36. The third kappa shape index (κ3) is 3.39. The minimum Gasteiger partial charge on any atom is -0.329 e. The molecule has 0 aromatic heterocycles. The average molecular weight is 280 g/mol. The highest BCUT2D eigenvalue weighted by Gasteiger charge is 2.42. The van der Waals surface area contributed by atoms with Gasteiger partial charge in [0.05, 0.1) is 0 Å². The Hall–Kier alpha value is -0.0800. The van der Waals surface area contributed by atoms with E-state index in [9.17, 15) is 0 Å². The maximum absolute atomic E-state index is 6.25. The van der Waals surface area contributed by atoms with Gasteiger partial charge >= 0.3 is 0 Å². The van der Waals surface area contributed by atoms with Gasteiger partial charge in [-0.3, -0.25) is 4.90 Å². The van der Waals surface area contributed by atoms with Crippen LogP contribution in [-0.4, -0.2) is 30.1 Å². The molecule has 2 rings (SSSR count). The SMILES string of the molecule is CCC1CCC(N(C)C2(CN)CCC(C)(C)CC2)CC1. The normalized spacial score (nSPS) is 33.3. The number of rotatable bonds is 4. The van der Waals surface area contributed by atoms with E-state index in [1.807, 2.05) is 0 Å². The standard InChI is InChI=1S/C18H36N2/c1-5-15-6-8-16(9-7-15)20(4)18(14-19)12-10-17(2,3)11-13-18/h15-16H,5-14,19H2,1-4H3. The molecule has 2 fully saturated rings. The first kappa shape index (κ1) is 16.3. The van der Waals surface area contributed by atoms with E-state index >= 15 is 0 Å². The minimum absolute atomic E-state index is 0.291. The lowest BCUT2D eigenvalue weighted by molar-refractivity contribution is -0.00243. The lowest BCUT2D eigenvalue weighted by Gasteiger charge is -2.52. The zero-order chi connectivity index (χ0) is 14.8. The van der Waals surface area contributed by atoms with Crippen molar-refractivity contribution in [3.63, 3.8) is 0 Å². The van der Waals surface area contributed by atoms with E-state index in [2.05, 4.69) is 32.7 Å². The minimum atomic E-state index is 0.291. The third-order valence-electron chi connectivity index (χ3n) is 6.60. The van der Waals surface area contributed by atoms with Gasteiger partial charge in [-0.2, -0.15) is 0 Å². The van der Waals surface area contributed by atoms with E-state index < -0.39 is 0 Å². The monoisotopic (exact) mass is 280 g/mol. The van der Waals surface area contributed by atoms with Crippen molar-refractivity contribution in [3.05, 3.63) is 0 Å². The summed E-state index contributed by atoms with van der Waals surface area (Å²) in [6.45, 7) is 8.02. The summed E-state index contributed by atoms with van der Waals surface area (Å²) in [5.41, 5.74) is 7.06. The predicted octanol–water partition coefficient (Wildman–Crippen LogP) is 4.18. The summed E-state index contributed by atoms with van der Waals surface area (Å²) in [5, 5.41) is 0. The molecular weight excluding hydrogens is 244 g/mol.